The number of carbonyl (C=O) groups excluding carboxylic acids is 2. The Morgan fingerprint density at radius 1 is 1.23 bits per heavy atom. The van der Waals surface area contributed by atoms with Gasteiger partial charge in [-0.25, -0.2) is 14.2 Å². The highest BCUT2D eigenvalue weighted by molar-refractivity contribution is 7.99. The van der Waals surface area contributed by atoms with Crippen LogP contribution >= 0.6 is 23.1 Å². The fourth-order valence-corrected chi connectivity index (χ4v) is 4.13. The van der Waals surface area contributed by atoms with Gasteiger partial charge in [-0.3, -0.25) is 4.79 Å². The molecule has 3 aromatic rings. The summed E-state index contributed by atoms with van der Waals surface area (Å²) in [5.74, 6) is -1.25. The van der Waals surface area contributed by atoms with E-state index in [2.05, 4.69) is 10.3 Å². The van der Waals surface area contributed by atoms with Gasteiger partial charge in [-0.05, 0) is 43.3 Å². The number of esters is 1. The molecule has 0 fully saturated rings. The fraction of sp³-hybridized carbons (Fsp3) is 0.143. The van der Waals surface area contributed by atoms with Crippen LogP contribution in [0.1, 0.15) is 15.4 Å². The maximum absolute atomic E-state index is 13.1. The minimum Gasteiger partial charge on any atom is -0.451 e. The summed E-state index contributed by atoms with van der Waals surface area (Å²) in [7, 11) is 0. The molecule has 2 aromatic carbocycles. The highest BCUT2D eigenvalue weighted by Gasteiger charge is 2.19. The largest absolute Gasteiger partial charge is 0.451 e. The van der Waals surface area contributed by atoms with Gasteiger partial charge in [-0.2, -0.15) is 5.26 Å². The summed E-state index contributed by atoms with van der Waals surface area (Å²) < 4.78 is 18.2. The topological polar surface area (TPSA) is 92.1 Å². The average Bonchev–Trinajstić information content (AvgIpc) is 3.13. The normalized spacial score (nSPS) is 10.3. The molecular formula is C21H16FN3O3S2. The third-order valence-corrected chi connectivity index (χ3v) is 5.99. The molecule has 9 heteroatoms. The lowest BCUT2D eigenvalue weighted by Gasteiger charge is -2.09. The molecule has 0 saturated heterocycles. The van der Waals surface area contributed by atoms with Crippen LogP contribution in [0.25, 0.3) is 10.6 Å². The summed E-state index contributed by atoms with van der Waals surface area (Å²) in [6.45, 7) is 1.21. The molecule has 1 heterocycles. The van der Waals surface area contributed by atoms with Crippen molar-refractivity contribution < 1.29 is 18.7 Å². The summed E-state index contributed by atoms with van der Waals surface area (Å²) >= 11 is 2.42. The van der Waals surface area contributed by atoms with Crippen molar-refractivity contribution in [2.24, 2.45) is 0 Å². The van der Waals surface area contributed by atoms with Crippen LogP contribution in [-0.4, -0.2) is 29.2 Å². The second-order valence-electron chi connectivity index (χ2n) is 6.01. The fourth-order valence-electron chi connectivity index (χ4n) is 2.49. The number of para-hydroxylation sites is 1. The molecule has 0 aliphatic heterocycles. The minimum atomic E-state index is -0.652. The lowest BCUT2D eigenvalue weighted by atomic mass is 10.2. The number of ether oxygens (including phenoxy) is 1. The number of thiazole rings is 1. The predicted molar refractivity (Wildman–Crippen MR) is 114 cm³/mol. The molecule has 3 rings (SSSR count). The number of aryl methyl sites for hydroxylation is 1. The second kappa shape index (κ2) is 10.0. The molecule has 0 spiro atoms. The van der Waals surface area contributed by atoms with Gasteiger partial charge in [0.05, 0.1) is 23.2 Å². The molecule has 0 aliphatic carbocycles. The Kier molecular flexibility index (Phi) is 7.17. The third-order valence-electron chi connectivity index (χ3n) is 3.86. The number of aromatic nitrogens is 1. The van der Waals surface area contributed by atoms with E-state index in [0.29, 0.717) is 22.0 Å². The first-order valence-corrected chi connectivity index (χ1v) is 10.6. The number of hydrogen-bond acceptors (Lipinski definition) is 7. The molecule has 1 N–H and O–H groups in total. The van der Waals surface area contributed by atoms with E-state index < -0.39 is 18.5 Å². The maximum Gasteiger partial charge on any atom is 0.350 e. The summed E-state index contributed by atoms with van der Waals surface area (Å²) in [5.41, 5.74) is 1.71. The van der Waals surface area contributed by atoms with Gasteiger partial charge in [-0.15, -0.1) is 23.1 Å². The van der Waals surface area contributed by atoms with Gasteiger partial charge < -0.3 is 10.1 Å². The number of nitrogens with one attached hydrogen (secondary N) is 1. The zero-order valence-corrected chi connectivity index (χ0v) is 17.5. The number of thioether (sulfide) groups is 1. The number of hydrogen-bond donors (Lipinski definition) is 1. The van der Waals surface area contributed by atoms with Crippen LogP contribution in [0, 0.1) is 24.1 Å². The number of benzene rings is 2. The minimum absolute atomic E-state index is 0.253. The molecule has 0 radical (unpaired) electrons. The quantitative estimate of drug-likeness (QED) is 0.423. The summed E-state index contributed by atoms with van der Waals surface area (Å²) in [5, 5.41) is 12.0. The van der Waals surface area contributed by atoms with Crippen molar-refractivity contribution in [1.82, 2.24) is 4.98 Å². The zero-order valence-electron chi connectivity index (χ0n) is 15.8. The molecule has 0 saturated carbocycles. The average molecular weight is 442 g/mol. The monoisotopic (exact) mass is 441 g/mol. The number of rotatable bonds is 7. The first-order valence-electron chi connectivity index (χ1n) is 8.77. The molecule has 0 aliphatic rings. The van der Waals surface area contributed by atoms with Crippen molar-refractivity contribution >= 4 is 40.7 Å². The molecule has 0 bridgehead atoms. The van der Waals surface area contributed by atoms with Crippen LogP contribution in [0.5, 0.6) is 0 Å². The molecule has 1 amide bonds. The highest BCUT2D eigenvalue weighted by atomic mass is 32.2. The van der Waals surface area contributed by atoms with Crippen LogP contribution in [0.2, 0.25) is 0 Å². The standard InChI is InChI=1S/C21H16FN3O3S2/c1-13-19(30-20(24-13)14-6-8-15(22)9-7-14)21(27)28-12-18(26)25-16-4-2-3-5-17(16)29-11-10-23/h2-9H,11-12H2,1H3,(H,25,26). The van der Waals surface area contributed by atoms with Crippen LogP contribution < -0.4 is 5.32 Å². The predicted octanol–water partition coefficient (Wildman–Crippen LogP) is 4.67. The maximum atomic E-state index is 13.1. The first kappa shape index (κ1) is 21.5. The Morgan fingerprint density at radius 2 is 1.97 bits per heavy atom. The van der Waals surface area contributed by atoms with Gasteiger partial charge >= 0.3 is 5.97 Å². The van der Waals surface area contributed by atoms with E-state index in [9.17, 15) is 14.0 Å². The number of anilines is 1. The molecule has 0 atom stereocenters. The third kappa shape index (κ3) is 5.43. The number of halogens is 1. The zero-order chi connectivity index (χ0) is 21.5. The van der Waals surface area contributed by atoms with Crippen molar-refractivity contribution in [1.29, 1.82) is 5.26 Å². The Labute approximate surface area is 180 Å². The summed E-state index contributed by atoms with van der Waals surface area (Å²) in [6.07, 6.45) is 0. The second-order valence-corrected chi connectivity index (χ2v) is 8.02. The van der Waals surface area contributed by atoms with Crippen molar-refractivity contribution in [3.63, 3.8) is 0 Å². The summed E-state index contributed by atoms with van der Waals surface area (Å²) in [4.78, 5) is 30.0. The van der Waals surface area contributed by atoms with Crippen molar-refractivity contribution in [3.8, 4) is 16.6 Å². The van der Waals surface area contributed by atoms with Gasteiger partial charge in [-0.1, -0.05) is 12.1 Å². The summed E-state index contributed by atoms with van der Waals surface area (Å²) in [6, 6.07) is 14.9. The first-order chi connectivity index (χ1) is 14.5. The molecule has 6 nitrogen and oxygen atoms in total. The van der Waals surface area contributed by atoms with Crippen LogP contribution in [0.4, 0.5) is 10.1 Å². The smallest absolute Gasteiger partial charge is 0.350 e. The Balaban J connectivity index is 1.62. The number of nitrogens with zero attached hydrogens (tertiary/aromatic N) is 2. The SMILES string of the molecule is Cc1nc(-c2ccc(F)cc2)sc1C(=O)OCC(=O)Nc1ccccc1SCC#N. The van der Waals surface area contributed by atoms with Gasteiger partial charge in [0, 0.05) is 10.5 Å². The van der Waals surface area contributed by atoms with Crippen LogP contribution in [0.3, 0.4) is 0 Å². The molecular weight excluding hydrogens is 425 g/mol. The van der Waals surface area contributed by atoms with E-state index in [1.807, 2.05) is 6.07 Å². The molecule has 0 unspecified atom stereocenters. The Morgan fingerprint density at radius 3 is 2.70 bits per heavy atom. The molecule has 1 aromatic heterocycles. The van der Waals surface area contributed by atoms with Gasteiger partial charge in [0.2, 0.25) is 0 Å². The number of nitriles is 1. The van der Waals surface area contributed by atoms with Crippen molar-refractivity contribution in [3.05, 3.63) is 64.9 Å². The van der Waals surface area contributed by atoms with E-state index in [1.54, 1.807) is 43.3 Å². The highest BCUT2D eigenvalue weighted by Crippen LogP contribution is 2.29. The lowest BCUT2D eigenvalue weighted by molar-refractivity contribution is -0.119. The van der Waals surface area contributed by atoms with E-state index in [0.717, 1.165) is 16.2 Å². The van der Waals surface area contributed by atoms with Gasteiger partial charge in [0.1, 0.15) is 15.7 Å². The van der Waals surface area contributed by atoms with Gasteiger partial charge in [0.25, 0.3) is 5.91 Å². The van der Waals surface area contributed by atoms with Gasteiger partial charge in [0.15, 0.2) is 6.61 Å². The molecule has 152 valence electrons. The van der Waals surface area contributed by atoms with E-state index >= 15 is 0 Å². The molecule has 30 heavy (non-hydrogen) atoms. The van der Waals surface area contributed by atoms with E-state index in [-0.39, 0.29) is 16.4 Å². The van der Waals surface area contributed by atoms with Crippen molar-refractivity contribution in [2.45, 2.75) is 11.8 Å². The number of carbonyl (C=O) groups is 2. The van der Waals surface area contributed by atoms with E-state index in [1.165, 1.54) is 23.9 Å². The Bertz CT molecular complexity index is 1110. The Hall–Kier alpha value is -3.22. The van der Waals surface area contributed by atoms with Crippen LogP contribution in [0.15, 0.2) is 53.4 Å². The van der Waals surface area contributed by atoms with E-state index in [4.69, 9.17) is 10.00 Å². The number of amides is 1. The van der Waals surface area contributed by atoms with Crippen LogP contribution in [-0.2, 0) is 9.53 Å². The van der Waals surface area contributed by atoms with Crippen molar-refractivity contribution in [2.75, 3.05) is 17.7 Å². The lowest BCUT2D eigenvalue weighted by Crippen LogP contribution is -2.21.